The van der Waals surface area contributed by atoms with Crippen molar-refractivity contribution in [1.82, 2.24) is 0 Å². The van der Waals surface area contributed by atoms with E-state index in [9.17, 15) is 4.39 Å². The summed E-state index contributed by atoms with van der Waals surface area (Å²) in [6.45, 7) is 4.51. The third-order valence-electron chi connectivity index (χ3n) is 5.77. The summed E-state index contributed by atoms with van der Waals surface area (Å²) in [6, 6.07) is 11.8. The molecule has 0 bridgehead atoms. The lowest BCUT2D eigenvalue weighted by Gasteiger charge is -2.24. The van der Waals surface area contributed by atoms with Crippen molar-refractivity contribution in [2.24, 2.45) is 5.92 Å². The molecule has 0 N–H and O–H groups in total. The van der Waals surface area contributed by atoms with Crippen LogP contribution in [0.5, 0.6) is 5.75 Å². The molecular weight excluding hydrogens is 335 g/mol. The molecule has 0 amide bonds. The van der Waals surface area contributed by atoms with Crippen molar-refractivity contribution in [3.05, 3.63) is 53.3 Å². The molecule has 2 aromatic carbocycles. The molecule has 1 fully saturated rings. The van der Waals surface area contributed by atoms with Gasteiger partial charge in [0.1, 0.15) is 11.6 Å². The molecule has 0 saturated heterocycles. The van der Waals surface area contributed by atoms with E-state index >= 15 is 0 Å². The maximum atomic E-state index is 14.7. The van der Waals surface area contributed by atoms with Crippen molar-refractivity contribution in [2.45, 2.75) is 71.1 Å². The molecular formula is C25H33FO. The first kappa shape index (κ1) is 19.9. The van der Waals surface area contributed by atoms with E-state index < -0.39 is 0 Å². The van der Waals surface area contributed by atoms with Gasteiger partial charge in [-0.15, -0.1) is 0 Å². The molecule has 0 atom stereocenters. The van der Waals surface area contributed by atoms with E-state index in [1.807, 2.05) is 6.07 Å². The number of ether oxygens (including phenoxy) is 1. The molecule has 146 valence electrons. The second-order valence-corrected chi connectivity index (χ2v) is 8.41. The Morgan fingerprint density at radius 3 is 2.30 bits per heavy atom. The van der Waals surface area contributed by atoms with Crippen molar-refractivity contribution in [1.29, 1.82) is 0 Å². The Kier molecular flexibility index (Phi) is 6.93. The third-order valence-corrected chi connectivity index (χ3v) is 5.77. The SMILES string of the molecule is COc1ccc(F)c(-c2ccc(CC(C)C)cc2C2CCCCCCC2)c1. The summed E-state index contributed by atoms with van der Waals surface area (Å²) in [5.41, 5.74) is 4.42. The van der Waals surface area contributed by atoms with E-state index in [0.717, 1.165) is 12.0 Å². The van der Waals surface area contributed by atoms with Crippen LogP contribution in [-0.2, 0) is 6.42 Å². The molecule has 0 aromatic heterocycles. The minimum Gasteiger partial charge on any atom is -0.497 e. The molecule has 0 radical (unpaired) electrons. The predicted octanol–water partition coefficient (Wildman–Crippen LogP) is 7.53. The summed E-state index contributed by atoms with van der Waals surface area (Å²) in [5, 5.41) is 0. The number of rotatable bonds is 5. The van der Waals surface area contributed by atoms with Crippen LogP contribution in [0.4, 0.5) is 4.39 Å². The minimum atomic E-state index is -0.167. The highest BCUT2D eigenvalue weighted by molar-refractivity contribution is 5.70. The van der Waals surface area contributed by atoms with Gasteiger partial charge < -0.3 is 4.74 Å². The fourth-order valence-corrected chi connectivity index (χ4v) is 4.40. The highest BCUT2D eigenvalue weighted by Crippen LogP contribution is 2.39. The molecule has 0 unspecified atom stereocenters. The van der Waals surface area contributed by atoms with Crippen LogP contribution < -0.4 is 4.74 Å². The summed E-state index contributed by atoms with van der Waals surface area (Å²) >= 11 is 0. The first-order valence-electron chi connectivity index (χ1n) is 10.5. The van der Waals surface area contributed by atoms with Gasteiger partial charge in [-0.25, -0.2) is 4.39 Å². The van der Waals surface area contributed by atoms with Crippen LogP contribution in [0.1, 0.15) is 75.8 Å². The Morgan fingerprint density at radius 2 is 1.63 bits per heavy atom. The van der Waals surface area contributed by atoms with Crippen molar-refractivity contribution in [2.75, 3.05) is 7.11 Å². The van der Waals surface area contributed by atoms with Crippen LogP contribution in [0.15, 0.2) is 36.4 Å². The molecule has 2 heteroatoms. The zero-order valence-corrected chi connectivity index (χ0v) is 17.1. The van der Waals surface area contributed by atoms with Crippen LogP contribution in [0.25, 0.3) is 11.1 Å². The van der Waals surface area contributed by atoms with E-state index in [4.69, 9.17) is 4.74 Å². The Labute approximate surface area is 164 Å². The van der Waals surface area contributed by atoms with Crippen LogP contribution in [0, 0.1) is 11.7 Å². The highest BCUT2D eigenvalue weighted by Gasteiger charge is 2.20. The van der Waals surface area contributed by atoms with E-state index in [1.54, 1.807) is 13.2 Å². The van der Waals surface area contributed by atoms with Gasteiger partial charge in [0, 0.05) is 5.56 Å². The van der Waals surface area contributed by atoms with Gasteiger partial charge in [-0.3, -0.25) is 0 Å². The van der Waals surface area contributed by atoms with Gasteiger partial charge in [-0.05, 0) is 66.0 Å². The second-order valence-electron chi connectivity index (χ2n) is 8.41. The molecule has 2 aromatic rings. The van der Waals surface area contributed by atoms with E-state index in [2.05, 4.69) is 32.0 Å². The molecule has 3 rings (SSSR count). The Hall–Kier alpha value is -1.83. The zero-order chi connectivity index (χ0) is 19.2. The van der Waals surface area contributed by atoms with Crippen molar-refractivity contribution in [3.63, 3.8) is 0 Å². The summed E-state index contributed by atoms with van der Waals surface area (Å²) in [4.78, 5) is 0. The lowest BCUT2D eigenvalue weighted by Crippen LogP contribution is -2.06. The second kappa shape index (κ2) is 9.39. The summed E-state index contributed by atoms with van der Waals surface area (Å²) in [6.07, 6.45) is 10.1. The third kappa shape index (κ3) is 5.12. The van der Waals surface area contributed by atoms with Crippen LogP contribution in [0.2, 0.25) is 0 Å². The topological polar surface area (TPSA) is 9.23 Å². The standard InChI is InChI=1S/C25H33FO/c1-18(2)15-19-11-13-22(24-17-21(27-3)12-14-25(24)26)23(16-19)20-9-7-5-4-6-8-10-20/h11-14,16-18,20H,4-10,15H2,1-3H3. The molecule has 0 aliphatic heterocycles. The minimum absolute atomic E-state index is 0.167. The molecule has 1 aliphatic rings. The maximum absolute atomic E-state index is 14.7. The van der Waals surface area contributed by atoms with Gasteiger partial charge in [0.15, 0.2) is 0 Å². The zero-order valence-electron chi connectivity index (χ0n) is 17.1. The highest BCUT2D eigenvalue weighted by atomic mass is 19.1. The van der Waals surface area contributed by atoms with Crippen LogP contribution >= 0.6 is 0 Å². The number of benzene rings is 2. The average Bonchev–Trinajstić information content (AvgIpc) is 2.62. The van der Waals surface area contributed by atoms with E-state index in [-0.39, 0.29) is 5.82 Å². The number of hydrogen-bond acceptors (Lipinski definition) is 1. The lowest BCUT2D eigenvalue weighted by molar-refractivity contribution is 0.414. The first-order valence-corrected chi connectivity index (χ1v) is 10.5. The fourth-order valence-electron chi connectivity index (χ4n) is 4.40. The Morgan fingerprint density at radius 1 is 0.926 bits per heavy atom. The van der Waals surface area contributed by atoms with Gasteiger partial charge in [0.2, 0.25) is 0 Å². The van der Waals surface area contributed by atoms with Crippen LogP contribution in [0.3, 0.4) is 0 Å². The smallest absolute Gasteiger partial charge is 0.131 e. The largest absolute Gasteiger partial charge is 0.497 e. The summed E-state index contributed by atoms with van der Waals surface area (Å²) < 4.78 is 20.1. The van der Waals surface area contributed by atoms with Gasteiger partial charge in [-0.1, -0.05) is 64.2 Å². The number of halogens is 1. The van der Waals surface area contributed by atoms with Gasteiger partial charge in [0.05, 0.1) is 7.11 Å². The quantitative estimate of drug-likeness (QED) is 0.530. The molecule has 27 heavy (non-hydrogen) atoms. The molecule has 1 nitrogen and oxygen atoms in total. The maximum Gasteiger partial charge on any atom is 0.131 e. The number of methoxy groups -OCH3 is 1. The van der Waals surface area contributed by atoms with Gasteiger partial charge in [-0.2, -0.15) is 0 Å². The first-order chi connectivity index (χ1) is 13.1. The van der Waals surface area contributed by atoms with E-state index in [1.165, 1.54) is 62.1 Å². The van der Waals surface area contributed by atoms with Crippen LogP contribution in [-0.4, -0.2) is 7.11 Å². The fraction of sp³-hybridized carbons (Fsp3) is 0.520. The summed E-state index contributed by atoms with van der Waals surface area (Å²) in [7, 11) is 1.64. The van der Waals surface area contributed by atoms with Gasteiger partial charge >= 0.3 is 0 Å². The van der Waals surface area contributed by atoms with Gasteiger partial charge in [0.25, 0.3) is 0 Å². The Bertz CT molecular complexity index is 742. The average molecular weight is 369 g/mol. The molecule has 0 heterocycles. The van der Waals surface area contributed by atoms with Crippen molar-refractivity contribution < 1.29 is 9.13 Å². The molecule has 1 aliphatic carbocycles. The van der Waals surface area contributed by atoms with Crippen molar-refractivity contribution in [3.8, 4) is 16.9 Å². The monoisotopic (exact) mass is 368 g/mol. The predicted molar refractivity (Wildman–Crippen MR) is 112 cm³/mol. The Balaban J connectivity index is 2.06. The normalized spacial score (nSPS) is 16.2. The summed E-state index contributed by atoms with van der Waals surface area (Å²) in [5.74, 6) is 1.69. The van der Waals surface area contributed by atoms with Crippen molar-refractivity contribution >= 4 is 0 Å². The van der Waals surface area contributed by atoms with E-state index in [0.29, 0.717) is 23.1 Å². The lowest BCUT2D eigenvalue weighted by atomic mass is 9.81. The molecule has 0 spiro atoms. The molecule has 1 saturated carbocycles. The number of hydrogen-bond donors (Lipinski definition) is 0.